The van der Waals surface area contributed by atoms with Crippen LogP contribution in [0, 0.1) is 20.0 Å². The van der Waals surface area contributed by atoms with Gasteiger partial charge in [0.05, 0.1) is 44.5 Å². The van der Waals surface area contributed by atoms with Crippen LogP contribution in [-0.2, 0) is 21.7 Å². The van der Waals surface area contributed by atoms with E-state index >= 15 is 0 Å². The first-order chi connectivity index (χ1) is 45.6. The van der Waals surface area contributed by atoms with E-state index in [-0.39, 0.29) is 32.9 Å². The van der Waals surface area contributed by atoms with Crippen LogP contribution >= 0.6 is 0 Å². The summed E-state index contributed by atoms with van der Waals surface area (Å²) in [6.45, 7) is 17.1. The predicted molar refractivity (Wildman–Crippen MR) is 374 cm³/mol. The van der Waals surface area contributed by atoms with E-state index in [9.17, 15) is 8.22 Å². The van der Waals surface area contributed by atoms with Crippen LogP contribution in [0.5, 0.6) is 11.5 Å². The molecule has 0 fully saturated rings. The van der Waals surface area contributed by atoms with Crippen molar-refractivity contribution < 1.29 is 17.5 Å². The number of pyridine rings is 1. The average Bonchev–Trinajstić information content (AvgIpc) is 1.46. The summed E-state index contributed by atoms with van der Waals surface area (Å²) in [6.07, 6.45) is 7.91. The summed E-state index contributed by atoms with van der Waals surface area (Å²) in [5.74, 6) is 2.05. The Hall–Kier alpha value is -9.78. The zero-order chi connectivity index (χ0) is 66.9. The minimum Gasteiger partial charge on any atom is -0.458 e. The van der Waals surface area contributed by atoms with Crippen LogP contribution in [-0.4, -0.2) is 18.7 Å². The van der Waals surface area contributed by atoms with E-state index in [1.807, 2.05) is 30.5 Å². The molecule has 90 heavy (non-hydrogen) atoms. The number of para-hydroxylation sites is 3. The highest BCUT2D eigenvalue weighted by Crippen LogP contribution is 2.54. The molecule has 0 unspecified atom stereocenters. The third-order valence-electron chi connectivity index (χ3n) is 19.7. The standard InChI is InChI=1S/C84H75N5O/c1-51-23-21-24-52(2)78(51)69-42-54(82(6,7)8)41-67-66-49-71-70(83(9,10)38-39-84(71,11)12)48-65(66)59-27-13-14-28-60(59)68-45-56(88-72-32-18-15-29-61(72)62-30-16-19-33-73(62)88)46-76-80(68)87(79(67)69)50-86(76)55-25-22-26-57(44-55)90-58-35-36-64-63-31-17-20-34-74(63)89(75(64)47-58)77-43-53(37-40-85-77)81(3,4)5/h13-37,40-49H,38-39H2,1-12H3/i1D3,2D3. The van der Waals surface area contributed by atoms with Gasteiger partial charge >= 0.3 is 0 Å². The van der Waals surface area contributed by atoms with Gasteiger partial charge in [-0.25, -0.2) is 4.98 Å². The van der Waals surface area contributed by atoms with Gasteiger partial charge in [-0.1, -0.05) is 191 Å². The minimum absolute atomic E-state index is 0.0441. The monoisotopic (exact) mass is 1180 g/mol. The molecule has 10 aromatic carbocycles. The van der Waals surface area contributed by atoms with Gasteiger partial charge in [-0.3, -0.25) is 13.7 Å². The Morgan fingerprint density at radius 1 is 0.456 bits per heavy atom. The summed E-state index contributed by atoms with van der Waals surface area (Å²) in [5.41, 5.74) is 17.9. The lowest BCUT2D eigenvalue weighted by atomic mass is 9.62. The SMILES string of the molecule is [2H]C([2H])([2H])c1cccc(C([2H])([2H])[2H])c1-c1cc(C(C)(C)C)cc2c1-[n+]1[c-]n(-c3cccc(Oc4ccc5c6ccccc6n(-c6cc(C(C)(C)C)ccn6)c5c4)c3)c3cc(-n4c5ccccc5c5ccccc54)cc(c31)-c1ccccc1-c1cc3c(cc1-2)C(C)(C)CCC3(C)C. The van der Waals surface area contributed by atoms with E-state index < -0.39 is 19.1 Å². The number of nitrogens with zero attached hydrogens (tertiary/aromatic N) is 5. The zero-order valence-corrected chi connectivity index (χ0v) is 52.8. The van der Waals surface area contributed by atoms with Crippen molar-refractivity contribution in [3.8, 4) is 78.9 Å². The molecule has 0 saturated heterocycles. The average molecular weight is 1180 g/mol. The first-order valence-corrected chi connectivity index (χ1v) is 31.6. The topological polar surface area (TPSA) is 40.8 Å². The van der Waals surface area contributed by atoms with E-state index in [1.165, 1.54) is 16.7 Å². The lowest BCUT2D eigenvalue weighted by molar-refractivity contribution is -0.570. The van der Waals surface area contributed by atoms with Crippen molar-refractivity contribution in [1.29, 1.82) is 0 Å². The number of fused-ring (bicyclic) bond motifs is 14. The molecule has 6 nitrogen and oxygen atoms in total. The van der Waals surface area contributed by atoms with Gasteiger partial charge in [0.1, 0.15) is 17.3 Å². The van der Waals surface area contributed by atoms with Crippen molar-refractivity contribution in [2.75, 3.05) is 0 Å². The van der Waals surface area contributed by atoms with Crippen molar-refractivity contribution in [3.05, 3.63) is 252 Å². The third kappa shape index (κ3) is 8.65. The van der Waals surface area contributed by atoms with Crippen molar-refractivity contribution in [2.45, 2.75) is 117 Å². The van der Waals surface area contributed by atoms with Gasteiger partial charge in [0.25, 0.3) is 6.33 Å². The van der Waals surface area contributed by atoms with Crippen molar-refractivity contribution in [1.82, 2.24) is 18.7 Å². The highest BCUT2D eigenvalue weighted by Gasteiger charge is 2.40. The maximum absolute atomic E-state index is 9.30. The van der Waals surface area contributed by atoms with Gasteiger partial charge in [-0.2, -0.15) is 0 Å². The molecule has 1 aliphatic heterocycles. The first-order valence-electron chi connectivity index (χ1n) is 34.6. The van der Waals surface area contributed by atoms with Gasteiger partial charge in [0.15, 0.2) is 0 Å². The molecule has 442 valence electrons. The van der Waals surface area contributed by atoms with Crippen molar-refractivity contribution in [2.24, 2.45) is 0 Å². The molecule has 0 N–H and O–H groups in total. The van der Waals surface area contributed by atoms with Gasteiger partial charge < -0.3 is 9.30 Å². The maximum atomic E-state index is 9.30. The van der Waals surface area contributed by atoms with Crippen LogP contribution in [0.15, 0.2) is 212 Å². The third-order valence-corrected chi connectivity index (χ3v) is 19.7. The van der Waals surface area contributed by atoms with Crippen LogP contribution in [0.2, 0.25) is 0 Å². The normalized spacial score (nSPS) is 15.6. The Bertz CT molecular complexity index is 5500. The number of aromatic nitrogens is 5. The summed E-state index contributed by atoms with van der Waals surface area (Å²) in [6, 6.07) is 71.5. The molecule has 0 atom stereocenters. The molecule has 1 aliphatic carbocycles. The van der Waals surface area contributed by atoms with Crippen LogP contribution in [0.1, 0.15) is 124 Å². The lowest BCUT2D eigenvalue weighted by Crippen LogP contribution is -2.34. The minimum atomic E-state index is -2.72. The summed E-state index contributed by atoms with van der Waals surface area (Å²) < 4.78 is 71.7. The molecule has 0 amide bonds. The highest BCUT2D eigenvalue weighted by atomic mass is 16.5. The number of ether oxygens (including phenoxy) is 1. The van der Waals surface area contributed by atoms with Crippen LogP contribution in [0.25, 0.3) is 122 Å². The molecule has 16 rings (SSSR count). The number of imidazole rings is 1. The molecular weight excluding hydrogens is 1090 g/mol. The van der Waals surface area contributed by atoms with Gasteiger partial charge in [-0.05, 0) is 205 Å². The van der Waals surface area contributed by atoms with Crippen LogP contribution in [0.4, 0.5) is 0 Å². The lowest BCUT2D eigenvalue weighted by Gasteiger charge is -2.42. The Morgan fingerprint density at radius 2 is 1.01 bits per heavy atom. The van der Waals surface area contributed by atoms with Crippen LogP contribution in [0.3, 0.4) is 0 Å². The number of rotatable bonds is 6. The van der Waals surface area contributed by atoms with Crippen LogP contribution < -0.4 is 9.30 Å². The Balaban J connectivity index is 1.04. The zero-order valence-electron chi connectivity index (χ0n) is 58.8. The first kappa shape index (κ1) is 49.1. The Labute approximate surface area is 536 Å². The second-order valence-electron chi connectivity index (χ2n) is 28.4. The molecule has 14 aromatic rings. The van der Waals surface area contributed by atoms with Crippen molar-refractivity contribution >= 4 is 54.6 Å². The van der Waals surface area contributed by atoms with E-state index in [4.69, 9.17) is 9.72 Å². The van der Waals surface area contributed by atoms with E-state index in [2.05, 4.69) is 258 Å². The molecule has 4 aromatic heterocycles. The number of hydrogen-bond acceptors (Lipinski definition) is 2. The highest BCUT2D eigenvalue weighted by molar-refractivity contribution is 6.11. The molecule has 5 heterocycles. The van der Waals surface area contributed by atoms with Crippen molar-refractivity contribution in [3.63, 3.8) is 0 Å². The molecule has 0 bridgehead atoms. The molecular formula is C84H75N5O. The predicted octanol–water partition coefficient (Wildman–Crippen LogP) is 21.6. The smallest absolute Gasteiger partial charge is 0.269 e. The summed E-state index contributed by atoms with van der Waals surface area (Å²) in [4.78, 5) is 4.96. The van der Waals surface area contributed by atoms with E-state index in [1.54, 1.807) is 18.2 Å². The fourth-order valence-corrected chi connectivity index (χ4v) is 14.8. The number of hydrogen-bond donors (Lipinski definition) is 0. The second-order valence-corrected chi connectivity index (χ2v) is 28.4. The number of aryl methyl sites for hydroxylation is 2. The van der Waals surface area contributed by atoms with Gasteiger partial charge in [0.2, 0.25) is 0 Å². The van der Waals surface area contributed by atoms with Gasteiger partial charge in [-0.15, -0.1) is 0 Å². The fraction of sp³-hybridized carbons (Fsp3) is 0.214. The molecule has 6 heteroatoms. The Kier molecular flexibility index (Phi) is 10.8. The Morgan fingerprint density at radius 3 is 1.64 bits per heavy atom. The van der Waals surface area contributed by atoms with E-state index in [0.29, 0.717) is 22.7 Å². The summed E-state index contributed by atoms with van der Waals surface area (Å²) in [7, 11) is 0. The fourth-order valence-electron chi connectivity index (χ4n) is 14.8. The molecule has 0 spiro atoms. The van der Waals surface area contributed by atoms with E-state index in [0.717, 1.165) is 124 Å². The number of benzene rings is 10. The maximum Gasteiger partial charge on any atom is 0.269 e. The summed E-state index contributed by atoms with van der Waals surface area (Å²) >= 11 is 0. The second kappa shape index (κ2) is 19.9. The molecule has 0 saturated carbocycles. The molecule has 2 aliphatic rings. The molecule has 0 radical (unpaired) electrons. The van der Waals surface area contributed by atoms with Gasteiger partial charge in [0, 0.05) is 47.7 Å². The quantitative estimate of drug-likeness (QED) is 0.123. The summed E-state index contributed by atoms with van der Waals surface area (Å²) in [5, 5.41) is 4.44. The largest absolute Gasteiger partial charge is 0.458 e.